The van der Waals surface area contributed by atoms with Crippen LogP contribution in [0.15, 0.2) is 36.4 Å². The van der Waals surface area contributed by atoms with E-state index in [0.29, 0.717) is 11.3 Å². The van der Waals surface area contributed by atoms with Crippen LogP contribution in [0.3, 0.4) is 0 Å². The Labute approximate surface area is 121 Å². The average molecular weight is 288 g/mol. The van der Waals surface area contributed by atoms with Crippen LogP contribution in [0.4, 0.5) is 0 Å². The van der Waals surface area contributed by atoms with E-state index in [0.717, 1.165) is 10.8 Å². The second-order valence-electron chi connectivity index (χ2n) is 4.47. The number of rotatable bonds is 4. The van der Waals surface area contributed by atoms with Gasteiger partial charge in [-0.15, -0.1) is 0 Å². The molecule has 2 rings (SSSR count). The number of fused-ring (bicyclic) bond motifs is 1. The molecule has 7 heteroatoms. The van der Waals surface area contributed by atoms with Gasteiger partial charge in [-0.1, -0.05) is 12.1 Å². The number of carbonyl (C=O) groups is 2. The first-order valence-corrected chi connectivity index (χ1v) is 6.27. The predicted octanol–water partition coefficient (Wildman–Crippen LogP) is 0.201. The molecular formula is C14H16N4O3. The number of nitrogen functional groups attached to an aromatic ring is 1. The molecule has 1 unspecified atom stereocenters. The summed E-state index contributed by atoms with van der Waals surface area (Å²) in [5, 5.41) is 1.74. The van der Waals surface area contributed by atoms with Crippen LogP contribution in [0.5, 0.6) is 5.75 Å². The van der Waals surface area contributed by atoms with E-state index in [9.17, 15) is 9.59 Å². The summed E-state index contributed by atoms with van der Waals surface area (Å²) in [4.78, 5) is 22.8. The van der Waals surface area contributed by atoms with Gasteiger partial charge < -0.3 is 4.74 Å². The van der Waals surface area contributed by atoms with E-state index in [4.69, 9.17) is 16.4 Å². The highest BCUT2D eigenvalue weighted by atomic mass is 16.5. The van der Waals surface area contributed by atoms with Gasteiger partial charge in [-0.05, 0) is 42.0 Å². The van der Waals surface area contributed by atoms with Crippen molar-refractivity contribution in [2.45, 2.75) is 13.0 Å². The lowest BCUT2D eigenvalue weighted by atomic mass is 10.1. The highest BCUT2D eigenvalue weighted by Crippen LogP contribution is 2.23. The van der Waals surface area contributed by atoms with Gasteiger partial charge in [0, 0.05) is 5.56 Å². The van der Waals surface area contributed by atoms with Crippen LogP contribution in [0.2, 0.25) is 0 Å². The SMILES string of the molecule is CC(Oc1ccc2cc(C(=O)NN)ccc2c1)C(=O)NN. The largest absolute Gasteiger partial charge is 0.481 e. The molecule has 0 aliphatic carbocycles. The standard InChI is InChI=1S/C14H16N4O3/c1-8(13(19)17-15)21-12-5-4-9-6-11(14(20)18-16)3-2-10(9)7-12/h2-8H,15-16H2,1H3,(H,17,19)(H,18,20). The summed E-state index contributed by atoms with van der Waals surface area (Å²) in [5.74, 6) is 9.92. The smallest absolute Gasteiger partial charge is 0.274 e. The fraction of sp³-hybridized carbons (Fsp3) is 0.143. The molecule has 0 aliphatic heterocycles. The molecule has 2 amide bonds. The highest BCUT2D eigenvalue weighted by Gasteiger charge is 2.13. The lowest BCUT2D eigenvalue weighted by molar-refractivity contribution is -0.127. The third-order valence-corrected chi connectivity index (χ3v) is 3.03. The molecular weight excluding hydrogens is 272 g/mol. The summed E-state index contributed by atoms with van der Waals surface area (Å²) in [6.07, 6.45) is -0.699. The minimum Gasteiger partial charge on any atom is -0.481 e. The zero-order chi connectivity index (χ0) is 15.4. The number of hydrazine groups is 2. The van der Waals surface area contributed by atoms with E-state index < -0.39 is 12.0 Å². The Kier molecular flexibility index (Phi) is 4.36. The summed E-state index contributed by atoms with van der Waals surface area (Å²) < 4.78 is 5.48. The molecule has 7 nitrogen and oxygen atoms in total. The van der Waals surface area contributed by atoms with E-state index in [-0.39, 0.29) is 5.91 Å². The number of carbonyl (C=O) groups excluding carboxylic acids is 2. The van der Waals surface area contributed by atoms with Crippen LogP contribution in [0.25, 0.3) is 10.8 Å². The van der Waals surface area contributed by atoms with Crippen LogP contribution in [0.1, 0.15) is 17.3 Å². The molecule has 110 valence electrons. The summed E-state index contributed by atoms with van der Waals surface area (Å²) >= 11 is 0. The molecule has 0 spiro atoms. The maximum Gasteiger partial charge on any atom is 0.274 e. The molecule has 1 atom stereocenters. The van der Waals surface area contributed by atoms with Crippen LogP contribution < -0.4 is 27.3 Å². The number of hydrogen-bond donors (Lipinski definition) is 4. The molecule has 0 aliphatic rings. The molecule has 0 heterocycles. The molecule has 0 radical (unpaired) electrons. The molecule has 2 aromatic carbocycles. The number of hydrogen-bond acceptors (Lipinski definition) is 5. The van der Waals surface area contributed by atoms with Gasteiger partial charge in [0.05, 0.1) is 0 Å². The zero-order valence-corrected chi connectivity index (χ0v) is 11.4. The van der Waals surface area contributed by atoms with Gasteiger partial charge in [0.1, 0.15) is 5.75 Å². The van der Waals surface area contributed by atoms with E-state index in [1.807, 2.05) is 5.43 Å². The highest BCUT2D eigenvalue weighted by molar-refractivity contribution is 5.98. The first-order chi connectivity index (χ1) is 10.0. The predicted molar refractivity (Wildman–Crippen MR) is 78.0 cm³/mol. The van der Waals surface area contributed by atoms with Crippen molar-refractivity contribution in [3.05, 3.63) is 42.0 Å². The number of ether oxygens (including phenoxy) is 1. The van der Waals surface area contributed by atoms with Crippen molar-refractivity contribution in [1.29, 1.82) is 0 Å². The summed E-state index contributed by atoms with van der Waals surface area (Å²) in [6.45, 7) is 1.60. The van der Waals surface area contributed by atoms with Crippen molar-refractivity contribution in [1.82, 2.24) is 10.9 Å². The topological polar surface area (TPSA) is 119 Å². The zero-order valence-electron chi connectivity index (χ0n) is 11.4. The van der Waals surface area contributed by atoms with Gasteiger partial charge in [-0.2, -0.15) is 0 Å². The van der Waals surface area contributed by atoms with Gasteiger partial charge in [-0.25, -0.2) is 11.7 Å². The van der Waals surface area contributed by atoms with Gasteiger partial charge in [0.2, 0.25) is 0 Å². The lowest BCUT2D eigenvalue weighted by Crippen LogP contribution is -2.40. The molecule has 0 bridgehead atoms. The van der Waals surface area contributed by atoms with Crippen LogP contribution in [-0.2, 0) is 4.79 Å². The Hall–Kier alpha value is -2.64. The normalized spacial score (nSPS) is 11.8. The van der Waals surface area contributed by atoms with Crippen molar-refractivity contribution < 1.29 is 14.3 Å². The molecule has 0 saturated heterocycles. The number of benzene rings is 2. The summed E-state index contributed by atoms with van der Waals surface area (Å²) in [5.41, 5.74) is 4.58. The molecule has 0 fully saturated rings. The minimum absolute atomic E-state index is 0.356. The van der Waals surface area contributed by atoms with Crippen LogP contribution in [-0.4, -0.2) is 17.9 Å². The van der Waals surface area contributed by atoms with Crippen molar-refractivity contribution >= 4 is 22.6 Å². The summed E-state index contributed by atoms with van der Waals surface area (Å²) in [7, 11) is 0. The van der Waals surface area contributed by atoms with Crippen molar-refractivity contribution in [3.8, 4) is 5.75 Å². The maximum atomic E-state index is 11.5. The molecule has 2 aromatic rings. The fourth-order valence-electron chi connectivity index (χ4n) is 1.90. The Bertz CT molecular complexity index is 687. The average Bonchev–Trinajstić information content (AvgIpc) is 2.52. The van der Waals surface area contributed by atoms with E-state index >= 15 is 0 Å². The van der Waals surface area contributed by atoms with E-state index in [2.05, 4.69) is 5.43 Å². The van der Waals surface area contributed by atoms with Gasteiger partial charge >= 0.3 is 0 Å². The van der Waals surface area contributed by atoms with Crippen molar-refractivity contribution in [2.24, 2.45) is 11.7 Å². The Morgan fingerprint density at radius 1 is 1.05 bits per heavy atom. The summed E-state index contributed by atoms with van der Waals surface area (Å²) in [6, 6.07) is 10.4. The molecule has 0 saturated carbocycles. The first kappa shape index (κ1) is 14.8. The van der Waals surface area contributed by atoms with E-state index in [1.165, 1.54) is 0 Å². The first-order valence-electron chi connectivity index (χ1n) is 6.27. The van der Waals surface area contributed by atoms with Crippen molar-refractivity contribution in [3.63, 3.8) is 0 Å². The molecule has 21 heavy (non-hydrogen) atoms. The number of nitrogens with two attached hydrogens (primary N) is 2. The second kappa shape index (κ2) is 6.21. The van der Waals surface area contributed by atoms with Crippen LogP contribution in [0, 0.1) is 0 Å². The number of nitrogens with one attached hydrogen (secondary N) is 2. The quantitative estimate of drug-likeness (QED) is 0.364. The van der Waals surface area contributed by atoms with Gasteiger partial charge in [-0.3, -0.25) is 20.4 Å². The Balaban J connectivity index is 2.26. The molecule has 6 N–H and O–H groups in total. The van der Waals surface area contributed by atoms with E-state index in [1.54, 1.807) is 43.3 Å². The molecule has 0 aromatic heterocycles. The third-order valence-electron chi connectivity index (χ3n) is 3.03. The Morgan fingerprint density at radius 2 is 1.71 bits per heavy atom. The van der Waals surface area contributed by atoms with Crippen LogP contribution >= 0.6 is 0 Å². The lowest BCUT2D eigenvalue weighted by Gasteiger charge is -2.13. The maximum absolute atomic E-state index is 11.5. The fourth-order valence-corrected chi connectivity index (χ4v) is 1.90. The minimum atomic E-state index is -0.699. The monoisotopic (exact) mass is 288 g/mol. The third kappa shape index (κ3) is 3.28. The van der Waals surface area contributed by atoms with Gasteiger partial charge in [0.15, 0.2) is 6.10 Å². The number of amides is 2. The second-order valence-corrected chi connectivity index (χ2v) is 4.47. The van der Waals surface area contributed by atoms with Gasteiger partial charge in [0.25, 0.3) is 11.8 Å². The Morgan fingerprint density at radius 3 is 2.38 bits per heavy atom. The van der Waals surface area contributed by atoms with Crippen molar-refractivity contribution in [2.75, 3.05) is 0 Å².